The van der Waals surface area contributed by atoms with Gasteiger partial charge in [0.25, 0.3) is 0 Å². The number of nitrogens with zero attached hydrogens (tertiary/aromatic N) is 2. The minimum absolute atomic E-state index is 0.556. The number of aliphatic hydroxyl groups excluding tert-OH is 2. The van der Waals surface area contributed by atoms with Crippen molar-refractivity contribution in [3.63, 3.8) is 0 Å². The second-order valence-electron chi connectivity index (χ2n) is 4.53. The fourth-order valence-electron chi connectivity index (χ4n) is 1.88. The van der Waals surface area contributed by atoms with Gasteiger partial charge in [-0.3, -0.25) is 4.57 Å². The highest BCUT2D eigenvalue weighted by molar-refractivity contribution is 5.26. The minimum Gasteiger partial charge on any atom is -0.393 e. The second kappa shape index (κ2) is 4.51. The Balaban J connectivity index is 2.44. The maximum Gasteiger partial charge on any atom is 0.351 e. The Morgan fingerprint density at radius 1 is 1.68 bits per heavy atom. The van der Waals surface area contributed by atoms with Gasteiger partial charge in [0.15, 0.2) is 24.0 Å². The first-order valence-electron chi connectivity index (χ1n) is 5.45. The molecular weight excluding hydrogens is 264 g/mol. The summed E-state index contributed by atoms with van der Waals surface area (Å²) in [7, 11) is 0. The third-order valence-corrected chi connectivity index (χ3v) is 3.11. The van der Waals surface area contributed by atoms with E-state index in [0.29, 0.717) is 10.8 Å². The zero-order chi connectivity index (χ0) is 14.4. The lowest BCUT2D eigenvalue weighted by atomic mass is 9.99. The molecule has 2 heterocycles. The van der Waals surface area contributed by atoms with Crippen molar-refractivity contribution in [2.24, 2.45) is 0 Å². The van der Waals surface area contributed by atoms with Gasteiger partial charge in [-0.05, 0) is 6.92 Å². The molecule has 1 aromatic rings. The highest BCUT2D eigenvalue weighted by Crippen LogP contribution is 2.38. The molecule has 19 heavy (non-hydrogen) atoms. The molecule has 9 heteroatoms. The smallest absolute Gasteiger partial charge is 0.351 e. The molecule has 0 amide bonds. The van der Waals surface area contributed by atoms with E-state index >= 15 is 0 Å². The maximum atomic E-state index is 13.9. The molecule has 2 rings (SSSR count). The van der Waals surface area contributed by atoms with Crippen LogP contribution in [0.1, 0.15) is 13.2 Å². The molecule has 1 aromatic heterocycles. The number of hydrogen-bond acceptors (Lipinski definition) is 6. The first-order valence-corrected chi connectivity index (χ1v) is 5.45. The molecular formula is C10H13F2N3O4. The van der Waals surface area contributed by atoms with Crippen LogP contribution in [0.5, 0.6) is 0 Å². The summed E-state index contributed by atoms with van der Waals surface area (Å²) in [6, 6.07) is 0. The normalized spacial score (nSPS) is 34.7. The van der Waals surface area contributed by atoms with E-state index in [1.165, 1.54) is 6.92 Å². The Morgan fingerprint density at radius 2 is 2.32 bits per heavy atom. The third kappa shape index (κ3) is 2.09. The van der Waals surface area contributed by atoms with Crippen LogP contribution in [-0.4, -0.2) is 44.2 Å². The summed E-state index contributed by atoms with van der Waals surface area (Å²) in [5.41, 5.74) is 2.51. The molecule has 1 aliphatic rings. The average molecular weight is 277 g/mol. The summed E-state index contributed by atoms with van der Waals surface area (Å²) in [5, 5.41) is 18.7. The number of aromatic nitrogens is 2. The van der Waals surface area contributed by atoms with Crippen LogP contribution in [0, 0.1) is 5.82 Å². The predicted molar refractivity (Wildman–Crippen MR) is 59.4 cm³/mol. The number of ether oxygens (including phenoxy) is 1. The molecule has 1 fully saturated rings. The Bertz CT molecular complexity index is 552. The van der Waals surface area contributed by atoms with E-state index in [-0.39, 0.29) is 0 Å². The Labute approximate surface area is 106 Å². The molecule has 0 bridgehead atoms. The number of hydrogen-bond donors (Lipinski definition) is 3. The van der Waals surface area contributed by atoms with Gasteiger partial charge in [-0.15, -0.1) is 0 Å². The van der Waals surface area contributed by atoms with Gasteiger partial charge in [-0.25, -0.2) is 13.6 Å². The molecule has 106 valence electrons. The second-order valence-corrected chi connectivity index (χ2v) is 4.53. The molecule has 4 N–H and O–H groups in total. The Hall–Kier alpha value is -1.58. The molecule has 4 atom stereocenters. The topological polar surface area (TPSA) is 111 Å². The summed E-state index contributed by atoms with van der Waals surface area (Å²) in [5.74, 6) is -1.62. The van der Waals surface area contributed by atoms with Gasteiger partial charge in [-0.2, -0.15) is 4.98 Å². The largest absolute Gasteiger partial charge is 0.393 e. The molecule has 4 unspecified atom stereocenters. The van der Waals surface area contributed by atoms with Crippen LogP contribution in [0.15, 0.2) is 11.0 Å². The van der Waals surface area contributed by atoms with E-state index in [0.717, 1.165) is 0 Å². The van der Waals surface area contributed by atoms with Gasteiger partial charge in [-0.1, -0.05) is 0 Å². The fraction of sp³-hybridized carbons (Fsp3) is 0.600. The molecule has 1 saturated heterocycles. The van der Waals surface area contributed by atoms with Crippen molar-refractivity contribution < 1.29 is 23.7 Å². The quantitative estimate of drug-likeness (QED) is 0.635. The third-order valence-electron chi connectivity index (χ3n) is 3.11. The van der Waals surface area contributed by atoms with Gasteiger partial charge in [0.2, 0.25) is 0 Å². The Morgan fingerprint density at radius 3 is 2.84 bits per heavy atom. The highest BCUT2D eigenvalue weighted by atomic mass is 19.1. The van der Waals surface area contributed by atoms with Gasteiger partial charge < -0.3 is 20.7 Å². The zero-order valence-corrected chi connectivity index (χ0v) is 9.96. The van der Waals surface area contributed by atoms with Crippen LogP contribution in [0.4, 0.5) is 14.6 Å². The monoisotopic (exact) mass is 277 g/mol. The standard InChI is InChI=1S/C10H13F2N3O4/c1-10(3-16)6(17)5(12)8(19-10)15-2-4(11)7(13)14-9(15)18/h2,5-6,8,16-17H,3H2,1H3,(H2,13,14,18). The van der Waals surface area contributed by atoms with E-state index in [9.17, 15) is 18.7 Å². The summed E-state index contributed by atoms with van der Waals surface area (Å²) in [4.78, 5) is 14.7. The summed E-state index contributed by atoms with van der Waals surface area (Å²) < 4.78 is 32.9. The molecule has 0 radical (unpaired) electrons. The predicted octanol–water partition coefficient (Wildman–Crippen LogP) is -1.06. The van der Waals surface area contributed by atoms with Crippen molar-refractivity contribution >= 4 is 5.82 Å². The van der Waals surface area contributed by atoms with Crippen LogP contribution in [0.2, 0.25) is 0 Å². The summed E-state index contributed by atoms with van der Waals surface area (Å²) >= 11 is 0. The van der Waals surface area contributed by atoms with Crippen LogP contribution < -0.4 is 11.4 Å². The lowest BCUT2D eigenvalue weighted by Crippen LogP contribution is -2.42. The average Bonchev–Trinajstić information content (AvgIpc) is 2.59. The molecule has 0 saturated carbocycles. The van der Waals surface area contributed by atoms with Crippen molar-refractivity contribution in [3.8, 4) is 0 Å². The number of alkyl halides is 1. The van der Waals surface area contributed by atoms with Crippen molar-refractivity contribution in [2.45, 2.75) is 31.0 Å². The lowest BCUT2D eigenvalue weighted by molar-refractivity contribution is -0.117. The van der Waals surface area contributed by atoms with Crippen molar-refractivity contribution in [3.05, 3.63) is 22.5 Å². The Kier molecular flexibility index (Phi) is 3.29. The van der Waals surface area contributed by atoms with Crippen molar-refractivity contribution in [1.82, 2.24) is 9.55 Å². The van der Waals surface area contributed by atoms with E-state index in [1.807, 2.05) is 0 Å². The van der Waals surface area contributed by atoms with Crippen molar-refractivity contribution in [1.29, 1.82) is 0 Å². The molecule has 0 aliphatic carbocycles. The maximum absolute atomic E-state index is 13.9. The van der Waals surface area contributed by atoms with E-state index < -0.39 is 48.0 Å². The van der Waals surface area contributed by atoms with Gasteiger partial charge >= 0.3 is 5.69 Å². The number of rotatable bonds is 2. The van der Waals surface area contributed by atoms with Crippen LogP contribution >= 0.6 is 0 Å². The molecule has 0 spiro atoms. The molecule has 0 aromatic carbocycles. The fourth-order valence-corrected chi connectivity index (χ4v) is 1.88. The molecule has 7 nitrogen and oxygen atoms in total. The van der Waals surface area contributed by atoms with Crippen LogP contribution in [0.3, 0.4) is 0 Å². The first-order chi connectivity index (χ1) is 8.80. The van der Waals surface area contributed by atoms with Crippen LogP contribution in [-0.2, 0) is 4.74 Å². The van der Waals surface area contributed by atoms with Crippen molar-refractivity contribution in [2.75, 3.05) is 12.3 Å². The van der Waals surface area contributed by atoms with Gasteiger partial charge in [0.1, 0.15) is 11.7 Å². The summed E-state index contributed by atoms with van der Waals surface area (Å²) in [6.07, 6.45) is -4.60. The van der Waals surface area contributed by atoms with E-state index in [4.69, 9.17) is 15.6 Å². The SMILES string of the molecule is CC1(CO)OC(n2cc(F)c(N)nc2=O)C(F)C1O. The number of aliphatic hydroxyl groups is 2. The summed E-state index contributed by atoms with van der Waals surface area (Å²) in [6.45, 7) is 0.612. The molecule has 1 aliphatic heterocycles. The number of anilines is 1. The minimum atomic E-state index is -2.01. The first kappa shape index (κ1) is 13.8. The highest BCUT2D eigenvalue weighted by Gasteiger charge is 2.53. The van der Waals surface area contributed by atoms with Crippen LogP contribution in [0.25, 0.3) is 0 Å². The zero-order valence-electron chi connectivity index (χ0n) is 9.96. The van der Waals surface area contributed by atoms with Gasteiger partial charge in [0.05, 0.1) is 12.8 Å². The van der Waals surface area contributed by atoms with E-state index in [1.54, 1.807) is 0 Å². The number of halogens is 2. The number of nitrogen functional groups attached to an aromatic ring is 1. The lowest BCUT2D eigenvalue weighted by Gasteiger charge is -2.24. The number of nitrogens with two attached hydrogens (primary N) is 1. The van der Waals surface area contributed by atoms with E-state index in [2.05, 4.69) is 4.98 Å². The van der Waals surface area contributed by atoms with Gasteiger partial charge in [0, 0.05) is 0 Å².